The van der Waals surface area contributed by atoms with Crippen LogP contribution in [0.3, 0.4) is 0 Å². The number of rotatable bonds is 7. The fourth-order valence-corrected chi connectivity index (χ4v) is 2.09. The van der Waals surface area contributed by atoms with Gasteiger partial charge < -0.3 is 0 Å². The van der Waals surface area contributed by atoms with E-state index in [0.29, 0.717) is 11.3 Å². The SMILES string of the molecule is CC(CNC([Se])=NCC(=O)OCc1ccccc1)NC(=O)OC(C)(C)C. The summed E-state index contributed by atoms with van der Waals surface area (Å²) in [7, 11) is 0. The van der Waals surface area contributed by atoms with E-state index in [1.165, 1.54) is 0 Å². The zero-order valence-electron chi connectivity index (χ0n) is 15.6. The Labute approximate surface area is 162 Å². The molecule has 2 N–H and O–H groups in total. The van der Waals surface area contributed by atoms with Crippen molar-refractivity contribution in [3.63, 3.8) is 0 Å². The van der Waals surface area contributed by atoms with Crippen molar-refractivity contribution in [2.24, 2.45) is 4.99 Å². The van der Waals surface area contributed by atoms with Gasteiger partial charge in [-0.2, -0.15) is 0 Å². The zero-order valence-corrected chi connectivity index (χ0v) is 17.3. The summed E-state index contributed by atoms with van der Waals surface area (Å²) in [6, 6.07) is 9.27. The molecule has 0 saturated carbocycles. The van der Waals surface area contributed by atoms with Gasteiger partial charge in [-0.05, 0) is 0 Å². The number of ether oxygens (including phenoxy) is 2. The number of benzene rings is 1. The van der Waals surface area contributed by atoms with E-state index in [-0.39, 0.29) is 19.2 Å². The molecule has 0 fully saturated rings. The van der Waals surface area contributed by atoms with Gasteiger partial charge in [0, 0.05) is 0 Å². The van der Waals surface area contributed by atoms with E-state index in [1.54, 1.807) is 20.8 Å². The van der Waals surface area contributed by atoms with Crippen LogP contribution in [-0.4, -0.2) is 57.5 Å². The zero-order chi connectivity index (χ0) is 19.6. The number of esters is 1. The predicted octanol–water partition coefficient (Wildman–Crippen LogP) is 1.76. The molecule has 0 aliphatic heterocycles. The molecule has 0 aromatic heterocycles. The fourth-order valence-electron chi connectivity index (χ4n) is 1.78. The van der Waals surface area contributed by atoms with Crippen molar-refractivity contribution in [2.75, 3.05) is 13.1 Å². The van der Waals surface area contributed by atoms with Crippen LogP contribution in [0.25, 0.3) is 0 Å². The maximum atomic E-state index is 11.7. The van der Waals surface area contributed by atoms with Crippen LogP contribution in [0.2, 0.25) is 0 Å². The Balaban J connectivity index is 2.26. The Morgan fingerprint density at radius 2 is 1.88 bits per heavy atom. The molecule has 143 valence electrons. The van der Waals surface area contributed by atoms with Crippen molar-refractivity contribution in [3.8, 4) is 0 Å². The monoisotopic (exact) mass is 428 g/mol. The van der Waals surface area contributed by atoms with Crippen LogP contribution in [0.5, 0.6) is 0 Å². The number of carbonyl (C=O) groups is 2. The number of amides is 1. The minimum absolute atomic E-state index is 0.0873. The van der Waals surface area contributed by atoms with Crippen molar-refractivity contribution in [3.05, 3.63) is 35.9 Å². The molecular formula is C18H26N3O4Se. The number of nitrogens with one attached hydrogen (secondary N) is 2. The number of amidine groups is 1. The topological polar surface area (TPSA) is 89.0 Å². The molecule has 26 heavy (non-hydrogen) atoms. The molecule has 0 aliphatic carbocycles. The van der Waals surface area contributed by atoms with Crippen LogP contribution in [0, 0.1) is 0 Å². The van der Waals surface area contributed by atoms with Gasteiger partial charge in [-0.1, -0.05) is 0 Å². The molecule has 8 heteroatoms. The summed E-state index contributed by atoms with van der Waals surface area (Å²) in [6.07, 6.45) is -0.477. The Hall–Kier alpha value is -2.05. The van der Waals surface area contributed by atoms with Crippen LogP contribution < -0.4 is 10.6 Å². The van der Waals surface area contributed by atoms with E-state index in [0.717, 1.165) is 5.56 Å². The maximum absolute atomic E-state index is 11.7. The Morgan fingerprint density at radius 3 is 2.50 bits per heavy atom. The Morgan fingerprint density at radius 1 is 1.23 bits per heavy atom. The first kappa shape index (κ1) is 22.0. The molecule has 1 rings (SSSR count). The average Bonchev–Trinajstić information content (AvgIpc) is 2.55. The van der Waals surface area contributed by atoms with Gasteiger partial charge in [0.1, 0.15) is 0 Å². The van der Waals surface area contributed by atoms with Gasteiger partial charge in [0.25, 0.3) is 0 Å². The van der Waals surface area contributed by atoms with Crippen LogP contribution in [-0.2, 0) is 20.9 Å². The van der Waals surface area contributed by atoms with Gasteiger partial charge in [0.2, 0.25) is 0 Å². The van der Waals surface area contributed by atoms with Crippen molar-refractivity contribution >= 4 is 32.8 Å². The summed E-state index contributed by atoms with van der Waals surface area (Å²) >= 11 is 2.74. The molecule has 0 heterocycles. The van der Waals surface area contributed by atoms with E-state index < -0.39 is 17.7 Å². The molecule has 1 amide bonds. The predicted molar refractivity (Wildman–Crippen MR) is 101 cm³/mol. The molecule has 0 aliphatic rings. The van der Waals surface area contributed by atoms with E-state index in [9.17, 15) is 9.59 Å². The number of hydrogen-bond donors (Lipinski definition) is 2. The summed E-state index contributed by atoms with van der Waals surface area (Å²) in [5, 5.41) is 5.71. The van der Waals surface area contributed by atoms with Gasteiger partial charge in [0.15, 0.2) is 0 Å². The third-order valence-corrected chi connectivity index (χ3v) is 3.49. The van der Waals surface area contributed by atoms with Crippen LogP contribution in [0.1, 0.15) is 33.3 Å². The number of carbonyl (C=O) groups excluding carboxylic acids is 2. The molecule has 0 spiro atoms. The Bertz CT molecular complexity index is 615. The van der Waals surface area contributed by atoms with E-state index in [1.807, 2.05) is 37.3 Å². The van der Waals surface area contributed by atoms with Gasteiger partial charge in [-0.25, -0.2) is 0 Å². The van der Waals surface area contributed by atoms with Crippen molar-refractivity contribution in [1.82, 2.24) is 10.6 Å². The minimum atomic E-state index is -0.539. The second-order valence-electron chi connectivity index (χ2n) is 6.70. The molecule has 1 aromatic carbocycles. The molecule has 1 atom stereocenters. The van der Waals surface area contributed by atoms with E-state index >= 15 is 0 Å². The molecule has 0 saturated heterocycles. The van der Waals surface area contributed by atoms with E-state index in [4.69, 9.17) is 9.47 Å². The molecule has 7 nitrogen and oxygen atoms in total. The summed E-state index contributed by atoms with van der Waals surface area (Å²) in [5.74, 6) is -0.414. The third kappa shape index (κ3) is 10.7. The summed E-state index contributed by atoms with van der Waals surface area (Å²) in [5.41, 5.74) is 0.385. The quantitative estimate of drug-likeness (QED) is 0.300. The normalized spacial score (nSPS) is 12.8. The van der Waals surface area contributed by atoms with Crippen molar-refractivity contribution in [1.29, 1.82) is 0 Å². The van der Waals surface area contributed by atoms with Gasteiger partial charge >= 0.3 is 162 Å². The average molecular weight is 427 g/mol. The molecule has 1 radical (unpaired) electrons. The number of nitrogens with zero attached hydrogens (tertiary/aromatic N) is 1. The van der Waals surface area contributed by atoms with Crippen molar-refractivity contribution < 1.29 is 19.1 Å². The van der Waals surface area contributed by atoms with Gasteiger partial charge in [-0.3, -0.25) is 0 Å². The van der Waals surface area contributed by atoms with Crippen LogP contribution in [0.15, 0.2) is 35.3 Å². The number of aliphatic imine (C=N–C) groups is 1. The standard InChI is InChI=1S/C18H26N3O4Se/c1-13(21-17(23)25-18(2,3)4)10-19-16(26)20-11-15(22)24-12-14-8-6-5-7-9-14/h5-9,13H,10-12H2,1-4H3,(H,19,20)(H,21,23). The van der Waals surface area contributed by atoms with Crippen LogP contribution in [0.4, 0.5) is 4.79 Å². The third-order valence-electron chi connectivity index (χ3n) is 2.92. The number of hydrogen-bond acceptors (Lipinski definition) is 5. The summed E-state index contributed by atoms with van der Waals surface area (Å²) in [4.78, 5) is 27.4. The number of alkyl carbamates (subject to hydrolysis) is 1. The van der Waals surface area contributed by atoms with Gasteiger partial charge in [-0.15, -0.1) is 0 Å². The molecular weight excluding hydrogens is 401 g/mol. The van der Waals surface area contributed by atoms with Gasteiger partial charge in [0.05, 0.1) is 0 Å². The van der Waals surface area contributed by atoms with Crippen molar-refractivity contribution in [2.45, 2.75) is 45.9 Å². The first-order valence-electron chi connectivity index (χ1n) is 8.30. The molecule has 0 bridgehead atoms. The summed E-state index contributed by atoms with van der Waals surface area (Å²) < 4.78 is 10.8. The fraction of sp³-hybridized carbons (Fsp3) is 0.500. The second kappa shape index (κ2) is 10.8. The first-order chi connectivity index (χ1) is 12.2. The second-order valence-corrected chi connectivity index (χ2v) is 7.51. The van der Waals surface area contributed by atoms with E-state index in [2.05, 4.69) is 31.6 Å². The summed E-state index contributed by atoms with van der Waals surface area (Å²) in [6.45, 7) is 7.81. The first-order valence-corrected chi connectivity index (χ1v) is 9.16. The molecule has 1 aromatic rings. The Kier molecular flexibility index (Phi) is 9.16. The molecule has 1 unspecified atom stereocenters. The van der Waals surface area contributed by atoms with Crippen LogP contribution >= 0.6 is 0 Å².